The van der Waals surface area contributed by atoms with Crippen molar-refractivity contribution in [2.24, 2.45) is 0 Å². The molecular formula is C20H19N5O4S. The Balaban J connectivity index is 1.58. The van der Waals surface area contributed by atoms with Crippen LogP contribution >= 0.6 is 0 Å². The summed E-state index contributed by atoms with van der Waals surface area (Å²) in [6.07, 6.45) is 2.02. The first-order chi connectivity index (χ1) is 14.3. The Labute approximate surface area is 173 Å². The Hall–Kier alpha value is -3.03. The summed E-state index contributed by atoms with van der Waals surface area (Å²) in [4.78, 5) is 33.5. The van der Waals surface area contributed by atoms with E-state index in [1.807, 2.05) is 0 Å². The number of anilines is 1. The van der Waals surface area contributed by atoms with Gasteiger partial charge in [0.05, 0.1) is 28.1 Å². The first-order valence-electron chi connectivity index (χ1n) is 9.72. The lowest BCUT2D eigenvalue weighted by Gasteiger charge is -2.34. The number of pyridine rings is 1. The van der Waals surface area contributed by atoms with Crippen molar-refractivity contribution < 1.29 is 18.0 Å². The lowest BCUT2D eigenvalue weighted by atomic mass is 10.1. The molecule has 3 aliphatic heterocycles. The first kappa shape index (κ1) is 19.0. The molecular weight excluding hydrogens is 406 g/mol. The first-order valence-corrected chi connectivity index (χ1v) is 11.2. The summed E-state index contributed by atoms with van der Waals surface area (Å²) in [6.45, 7) is 3.44. The fourth-order valence-corrected chi connectivity index (χ4v) is 6.34. The highest BCUT2D eigenvalue weighted by atomic mass is 32.2. The maximum absolute atomic E-state index is 13.4. The number of carbonyl (C=O) groups is 2. The summed E-state index contributed by atoms with van der Waals surface area (Å²) < 4.78 is 26.9. The molecule has 0 spiro atoms. The van der Waals surface area contributed by atoms with Crippen LogP contribution in [0.4, 0.5) is 10.5 Å². The van der Waals surface area contributed by atoms with Crippen LogP contribution < -0.4 is 4.90 Å². The zero-order chi connectivity index (χ0) is 21.4. The van der Waals surface area contributed by atoms with E-state index in [0.717, 1.165) is 4.90 Å². The van der Waals surface area contributed by atoms with E-state index >= 15 is 0 Å². The molecule has 0 radical (unpaired) electrons. The fraction of sp³-hybridized carbons (Fsp3) is 0.400. The van der Waals surface area contributed by atoms with Gasteiger partial charge < -0.3 is 4.90 Å². The minimum absolute atomic E-state index is 0.213. The molecule has 1 aromatic carbocycles. The van der Waals surface area contributed by atoms with Gasteiger partial charge in [-0.15, -0.1) is 0 Å². The Bertz CT molecular complexity index is 1250. The number of carbonyl (C=O) groups excluding carboxylic acids is 2. The Morgan fingerprint density at radius 2 is 2.00 bits per heavy atom. The minimum Gasteiger partial charge on any atom is -0.306 e. The molecule has 9 nitrogen and oxygen atoms in total. The van der Waals surface area contributed by atoms with Crippen LogP contribution in [0, 0.1) is 11.3 Å². The second-order valence-electron chi connectivity index (χ2n) is 8.07. The van der Waals surface area contributed by atoms with E-state index in [-0.39, 0.29) is 12.6 Å². The fourth-order valence-electron chi connectivity index (χ4n) is 4.84. The lowest BCUT2D eigenvalue weighted by molar-refractivity contribution is -0.120. The van der Waals surface area contributed by atoms with E-state index in [2.05, 4.69) is 11.1 Å². The number of hydrogen-bond donors (Lipinski definition) is 0. The topological polar surface area (TPSA) is 115 Å². The van der Waals surface area contributed by atoms with Gasteiger partial charge in [-0.05, 0) is 44.5 Å². The number of amides is 3. The molecule has 3 aliphatic rings. The number of rotatable bonds is 3. The number of fused-ring (bicyclic) bond motifs is 6. The molecule has 3 fully saturated rings. The minimum atomic E-state index is -3.53. The van der Waals surface area contributed by atoms with Gasteiger partial charge in [0.15, 0.2) is 0 Å². The van der Waals surface area contributed by atoms with Crippen LogP contribution in [0.1, 0.15) is 25.8 Å². The number of nitriles is 1. The number of urea groups is 1. The molecule has 3 saturated heterocycles. The highest BCUT2D eigenvalue weighted by molar-refractivity contribution is 7.89. The van der Waals surface area contributed by atoms with Crippen LogP contribution in [-0.2, 0) is 14.8 Å². The zero-order valence-electron chi connectivity index (χ0n) is 16.4. The second-order valence-corrected chi connectivity index (χ2v) is 10.5. The van der Waals surface area contributed by atoms with Crippen LogP contribution in [0.15, 0.2) is 30.5 Å². The van der Waals surface area contributed by atoms with Gasteiger partial charge >= 0.3 is 6.03 Å². The van der Waals surface area contributed by atoms with Crippen molar-refractivity contribution in [2.75, 3.05) is 11.4 Å². The Morgan fingerprint density at radius 1 is 1.23 bits per heavy atom. The SMILES string of the molecule is CC(C)S(=O)(=O)N1C[C@H]2CC1[C@H]1C(=O)N(c3ccc(C#N)c4ncccc34)C(=O)N21. The normalized spacial score (nSPS) is 26.1. The van der Waals surface area contributed by atoms with Gasteiger partial charge in [-0.1, -0.05) is 0 Å². The maximum Gasteiger partial charge on any atom is 0.332 e. The Morgan fingerprint density at radius 3 is 2.70 bits per heavy atom. The molecule has 4 heterocycles. The molecule has 3 atom stereocenters. The third-order valence-electron chi connectivity index (χ3n) is 6.25. The summed E-state index contributed by atoms with van der Waals surface area (Å²) in [6, 6.07) is 6.43. The van der Waals surface area contributed by atoms with Crippen molar-refractivity contribution in [1.82, 2.24) is 14.2 Å². The van der Waals surface area contributed by atoms with Gasteiger partial charge in [-0.25, -0.2) is 18.1 Å². The smallest absolute Gasteiger partial charge is 0.306 e. The third-order valence-corrected chi connectivity index (χ3v) is 8.51. The second kappa shape index (κ2) is 6.23. The number of benzene rings is 1. The molecule has 3 amide bonds. The molecule has 0 N–H and O–H groups in total. The molecule has 30 heavy (non-hydrogen) atoms. The summed E-state index contributed by atoms with van der Waals surface area (Å²) in [5.41, 5.74) is 1.12. The van der Waals surface area contributed by atoms with Gasteiger partial charge in [0.1, 0.15) is 12.1 Å². The van der Waals surface area contributed by atoms with Crippen LogP contribution in [0.2, 0.25) is 0 Å². The van der Waals surface area contributed by atoms with E-state index in [4.69, 9.17) is 0 Å². The molecule has 5 rings (SSSR count). The summed E-state index contributed by atoms with van der Waals surface area (Å²) in [5, 5.41) is 9.28. The number of aromatic nitrogens is 1. The van der Waals surface area contributed by atoms with Crippen molar-refractivity contribution in [3.8, 4) is 6.07 Å². The molecule has 2 aromatic rings. The Kier molecular flexibility index (Phi) is 3.94. The van der Waals surface area contributed by atoms with E-state index in [9.17, 15) is 23.3 Å². The number of sulfonamides is 1. The lowest BCUT2D eigenvalue weighted by Crippen LogP contribution is -2.55. The maximum atomic E-state index is 13.4. The van der Waals surface area contributed by atoms with Crippen LogP contribution in [-0.4, -0.2) is 64.5 Å². The average Bonchev–Trinajstić information content (AvgIpc) is 3.39. The van der Waals surface area contributed by atoms with E-state index in [1.54, 1.807) is 44.3 Å². The monoisotopic (exact) mass is 425 g/mol. The summed E-state index contributed by atoms with van der Waals surface area (Å²) in [7, 11) is -3.53. The van der Waals surface area contributed by atoms with Gasteiger partial charge in [-0.3, -0.25) is 9.78 Å². The molecule has 10 heteroatoms. The highest BCUT2D eigenvalue weighted by Gasteiger charge is 2.64. The van der Waals surface area contributed by atoms with Crippen molar-refractivity contribution in [1.29, 1.82) is 5.26 Å². The van der Waals surface area contributed by atoms with Crippen LogP contribution in [0.3, 0.4) is 0 Å². The zero-order valence-corrected chi connectivity index (χ0v) is 17.2. The van der Waals surface area contributed by atoms with Gasteiger partial charge in [0, 0.05) is 24.2 Å². The number of imide groups is 1. The van der Waals surface area contributed by atoms with Crippen LogP contribution in [0.25, 0.3) is 10.9 Å². The number of nitrogens with zero attached hydrogens (tertiary/aromatic N) is 5. The van der Waals surface area contributed by atoms with Crippen molar-refractivity contribution >= 4 is 38.6 Å². The molecule has 2 bridgehead atoms. The van der Waals surface area contributed by atoms with Crippen LogP contribution in [0.5, 0.6) is 0 Å². The van der Waals surface area contributed by atoms with E-state index < -0.39 is 39.3 Å². The van der Waals surface area contributed by atoms with Gasteiger partial charge in [0.2, 0.25) is 10.0 Å². The van der Waals surface area contributed by atoms with E-state index in [0.29, 0.717) is 28.6 Å². The standard InChI is InChI=1S/C20H19N5O4S/c1-11(2)30(28,29)23-10-13-8-16(23)18-19(26)25(20(27)24(13)18)15-6-5-12(9-21)17-14(15)4-3-7-22-17/h3-7,11,13,16,18H,8,10H2,1-2H3/t13-,16?,18+/m1/s1. The van der Waals surface area contributed by atoms with Crippen molar-refractivity contribution in [3.05, 3.63) is 36.0 Å². The largest absolute Gasteiger partial charge is 0.332 e. The molecule has 1 unspecified atom stereocenters. The van der Waals surface area contributed by atoms with Gasteiger partial charge in [0.25, 0.3) is 5.91 Å². The quantitative estimate of drug-likeness (QED) is 0.688. The summed E-state index contributed by atoms with van der Waals surface area (Å²) >= 11 is 0. The average molecular weight is 425 g/mol. The summed E-state index contributed by atoms with van der Waals surface area (Å²) in [5.74, 6) is -0.439. The predicted molar refractivity (Wildman–Crippen MR) is 108 cm³/mol. The molecule has 154 valence electrons. The molecule has 0 aliphatic carbocycles. The van der Waals surface area contributed by atoms with Gasteiger partial charge in [-0.2, -0.15) is 9.57 Å². The molecule has 0 saturated carbocycles. The highest BCUT2D eigenvalue weighted by Crippen LogP contribution is 2.44. The van der Waals surface area contributed by atoms with Crippen molar-refractivity contribution in [3.63, 3.8) is 0 Å². The van der Waals surface area contributed by atoms with Crippen molar-refractivity contribution in [2.45, 2.75) is 43.6 Å². The predicted octanol–water partition coefficient (Wildman–Crippen LogP) is 1.44. The number of piperazine rings is 1. The van der Waals surface area contributed by atoms with E-state index in [1.165, 1.54) is 9.21 Å². The third kappa shape index (κ3) is 2.30. The molecule has 1 aromatic heterocycles. The number of hydrogen-bond acceptors (Lipinski definition) is 6.